The van der Waals surface area contributed by atoms with E-state index in [0.717, 1.165) is 36.9 Å². The van der Waals surface area contributed by atoms with Crippen LogP contribution in [0, 0.1) is 0 Å². The Balaban J connectivity index is 1.50. The molecule has 1 fully saturated rings. The summed E-state index contributed by atoms with van der Waals surface area (Å²) in [7, 11) is -3.58. The Morgan fingerprint density at radius 2 is 1.93 bits per heavy atom. The fourth-order valence-electron chi connectivity index (χ4n) is 3.97. The van der Waals surface area contributed by atoms with Crippen LogP contribution in [0.4, 0.5) is 5.69 Å². The molecule has 0 radical (unpaired) electrons. The van der Waals surface area contributed by atoms with Crippen molar-refractivity contribution in [2.75, 3.05) is 18.0 Å². The van der Waals surface area contributed by atoms with Crippen LogP contribution in [0.5, 0.6) is 0 Å². The number of hydrogen-bond acceptors (Lipinski definition) is 4. The van der Waals surface area contributed by atoms with Crippen LogP contribution in [0.25, 0.3) is 0 Å². The average Bonchev–Trinajstić information content (AvgIpc) is 3.26. The number of hydrogen-bond donors (Lipinski definition) is 0. The van der Waals surface area contributed by atoms with Crippen LogP contribution in [0.2, 0.25) is 0 Å². The normalized spacial score (nSPS) is 20.6. The topological polar surface area (TPSA) is 75.5 Å². The molecule has 1 saturated heterocycles. The first-order valence-electron chi connectivity index (χ1n) is 9.39. The SMILES string of the molecule is C[C@H]1Cc2ccccc2N1C(=O)Cn1cnc(S(=O)(=O)N2CCCCC2)c1. The highest BCUT2D eigenvalue weighted by Gasteiger charge is 2.31. The van der Waals surface area contributed by atoms with Gasteiger partial charge in [-0.1, -0.05) is 24.6 Å². The number of anilines is 1. The molecule has 1 amide bonds. The molecule has 1 aromatic heterocycles. The lowest BCUT2D eigenvalue weighted by Crippen LogP contribution is -2.38. The summed E-state index contributed by atoms with van der Waals surface area (Å²) in [6.45, 7) is 3.17. The Labute approximate surface area is 159 Å². The van der Waals surface area contributed by atoms with Crippen LogP contribution in [-0.4, -0.2) is 47.3 Å². The molecule has 1 aromatic carbocycles. The number of benzene rings is 1. The van der Waals surface area contributed by atoms with Crippen LogP contribution in [0.1, 0.15) is 31.7 Å². The zero-order chi connectivity index (χ0) is 19.0. The number of amides is 1. The first kappa shape index (κ1) is 18.2. The van der Waals surface area contributed by atoms with Gasteiger partial charge in [0, 0.05) is 31.0 Å². The van der Waals surface area contributed by atoms with E-state index < -0.39 is 10.0 Å². The van der Waals surface area contributed by atoms with E-state index in [1.54, 1.807) is 9.47 Å². The Hall–Kier alpha value is -2.19. The molecule has 27 heavy (non-hydrogen) atoms. The van der Waals surface area contributed by atoms with Gasteiger partial charge in [-0.25, -0.2) is 13.4 Å². The lowest BCUT2D eigenvalue weighted by atomic mass is 10.1. The fourth-order valence-corrected chi connectivity index (χ4v) is 5.43. The van der Waals surface area contributed by atoms with Gasteiger partial charge in [0.25, 0.3) is 10.0 Å². The molecule has 7 nitrogen and oxygen atoms in total. The lowest BCUT2D eigenvalue weighted by molar-refractivity contribution is -0.119. The van der Waals surface area contributed by atoms with Gasteiger partial charge in [-0.3, -0.25) is 4.79 Å². The molecule has 8 heteroatoms. The predicted molar refractivity (Wildman–Crippen MR) is 102 cm³/mol. The van der Waals surface area contributed by atoms with E-state index in [0.29, 0.717) is 13.1 Å². The third-order valence-corrected chi connectivity index (χ3v) is 7.11. The van der Waals surface area contributed by atoms with E-state index in [1.165, 1.54) is 16.8 Å². The first-order chi connectivity index (χ1) is 13.0. The number of carbonyl (C=O) groups excluding carboxylic acids is 1. The van der Waals surface area contributed by atoms with Crippen molar-refractivity contribution in [1.82, 2.24) is 13.9 Å². The zero-order valence-corrected chi connectivity index (χ0v) is 16.2. The van der Waals surface area contributed by atoms with E-state index in [4.69, 9.17) is 0 Å². The number of rotatable bonds is 4. The zero-order valence-electron chi connectivity index (χ0n) is 15.4. The first-order valence-corrected chi connectivity index (χ1v) is 10.8. The third kappa shape index (κ3) is 3.39. The summed E-state index contributed by atoms with van der Waals surface area (Å²) in [5.41, 5.74) is 2.11. The number of para-hydroxylation sites is 1. The molecule has 3 heterocycles. The Kier molecular flexibility index (Phi) is 4.77. The van der Waals surface area contributed by atoms with Gasteiger partial charge in [-0.15, -0.1) is 0 Å². The summed E-state index contributed by atoms with van der Waals surface area (Å²) in [6, 6.07) is 8.00. The van der Waals surface area contributed by atoms with Crippen molar-refractivity contribution in [2.45, 2.75) is 50.2 Å². The molecule has 0 aliphatic carbocycles. The number of aromatic nitrogens is 2. The smallest absolute Gasteiger partial charge is 0.262 e. The van der Waals surface area contributed by atoms with Crippen molar-refractivity contribution < 1.29 is 13.2 Å². The van der Waals surface area contributed by atoms with Crippen LogP contribution >= 0.6 is 0 Å². The number of carbonyl (C=O) groups is 1. The quantitative estimate of drug-likeness (QED) is 0.803. The van der Waals surface area contributed by atoms with Gasteiger partial charge in [0.05, 0.1) is 6.33 Å². The van der Waals surface area contributed by atoms with Gasteiger partial charge >= 0.3 is 0 Å². The molecule has 0 bridgehead atoms. The highest BCUT2D eigenvalue weighted by Crippen LogP contribution is 2.32. The molecular formula is C19H24N4O3S. The standard InChI is InChI=1S/C19H24N4O3S/c1-15-11-16-7-3-4-8-17(16)23(15)19(24)13-21-12-18(20-14-21)27(25,26)22-9-5-2-6-10-22/h3-4,7-8,12,14-15H,2,5-6,9-11,13H2,1H3/t15-/m0/s1. The maximum atomic E-state index is 12.9. The molecule has 0 saturated carbocycles. The van der Waals surface area contributed by atoms with E-state index in [1.807, 2.05) is 31.2 Å². The van der Waals surface area contributed by atoms with E-state index in [9.17, 15) is 13.2 Å². The van der Waals surface area contributed by atoms with Crippen molar-refractivity contribution >= 4 is 21.6 Å². The van der Waals surface area contributed by atoms with Crippen molar-refractivity contribution in [2.24, 2.45) is 0 Å². The molecule has 0 spiro atoms. The summed E-state index contributed by atoms with van der Waals surface area (Å²) in [5, 5.41) is 0.0204. The molecule has 4 rings (SSSR count). The Bertz CT molecular complexity index is 947. The Morgan fingerprint density at radius 1 is 1.19 bits per heavy atom. The minimum Gasteiger partial charge on any atom is -0.327 e. The summed E-state index contributed by atoms with van der Waals surface area (Å²) in [6.07, 6.45) is 6.55. The summed E-state index contributed by atoms with van der Waals surface area (Å²) < 4.78 is 28.5. The predicted octanol–water partition coefficient (Wildman–Crippen LogP) is 2.04. The van der Waals surface area contributed by atoms with Crippen molar-refractivity contribution in [3.05, 3.63) is 42.4 Å². The number of fused-ring (bicyclic) bond motifs is 1. The van der Waals surface area contributed by atoms with Crippen molar-refractivity contribution in [3.63, 3.8) is 0 Å². The monoisotopic (exact) mass is 388 g/mol. The number of imidazole rings is 1. The minimum absolute atomic E-state index is 0.0204. The Morgan fingerprint density at radius 3 is 2.70 bits per heavy atom. The highest BCUT2D eigenvalue weighted by molar-refractivity contribution is 7.89. The van der Waals surface area contributed by atoms with Gasteiger partial charge in [0.1, 0.15) is 6.54 Å². The summed E-state index contributed by atoms with van der Waals surface area (Å²) >= 11 is 0. The minimum atomic E-state index is -3.58. The van der Waals surface area contributed by atoms with Crippen molar-refractivity contribution in [3.8, 4) is 0 Å². The van der Waals surface area contributed by atoms with Gasteiger partial charge in [-0.2, -0.15) is 4.31 Å². The molecule has 2 aliphatic heterocycles. The maximum absolute atomic E-state index is 12.9. The van der Waals surface area contributed by atoms with Gasteiger partial charge in [0.2, 0.25) is 5.91 Å². The second-order valence-electron chi connectivity index (χ2n) is 7.29. The second-order valence-corrected chi connectivity index (χ2v) is 9.18. The van der Waals surface area contributed by atoms with Crippen LogP contribution < -0.4 is 4.90 Å². The van der Waals surface area contributed by atoms with E-state index >= 15 is 0 Å². The highest BCUT2D eigenvalue weighted by atomic mass is 32.2. The molecule has 144 valence electrons. The van der Waals surface area contributed by atoms with Crippen LogP contribution in [0.3, 0.4) is 0 Å². The lowest BCUT2D eigenvalue weighted by Gasteiger charge is -2.24. The summed E-state index contributed by atoms with van der Waals surface area (Å²) in [5.74, 6) is -0.0632. The molecule has 2 aliphatic rings. The second kappa shape index (κ2) is 7.09. The van der Waals surface area contributed by atoms with Gasteiger partial charge < -0.3 is 9.47 Å². The molecule has 0 N–H and O–H groups in total. The van der Waals surface area contributed by atoms with Crippen molar-refractivity contribution in [1.29, 1.82) is 0 Å². The average molecular weight is 388 g/mol. The maximum Gasteiger partial charge on any atom is 0.262 e. The van der Waals surface area contributed by atoms with E-state index in [2.05, 4.69) is 4.98 Å². The molecular weight excluding hydrogens is 364 g/mol. The third-order valence-electron chi connectivity index (χ3n) is 5.32. The van der Waals surface area contributed by atoms with Gasteiger partial charge in [-0.05, 0) is 37.8 Å². The molecule has 0 unspecified atom stereocenters. The largest absolute Gasteiger partial charge is 0.327 e. The number of nitrogens with zero attached hydrogens (tertiary/aromatic N) is 4. The fraction of sp³-hybridized carbons (Fsp3) is 0.474. The van der Waals surface area contributed by atoms with Gasteiger partial charge in [0.15, 0.2) is 5.03 Å². The number of sulfonamides is 1. The molecule has 1 atom stereocenters. The van der Waals surface area contributed by atoms with Crippen LogP contribution in [0.15, 0.2) is 41.8 Å². The molecule has 2 aromatic rings. The number of piperidine rings is 1. The summed E-state index contributed by atoms with van der Waals surface area (Å²) in [4.78, 5) is 18.7. The van der Waals surface area contributed by atoms with Crippen LogP contribution in [-0.2, 0) is 27.8 Å². The van der Waals surface area contributed by atoms with E-state index in [-0.39, 0.29) is 23.5 Å².